The molecule has 0 aromatic rings. The molecule has 6 aliphatic rings. The monoisotopic (exact) mass is 990 g/mol. The Morgan fingerprint density at radius 2 is 0.522 bits per heavy atom. The van der Waals surface area contributed by atoms with Gasteiger partial charge in [0.1, 0.15) is 146 Å². The van der Waals surface area contributed by atoms with Gasteiger partial charge in [0.2, 0.25) is 0 Å². The minimum Gasteiger partial charge on any atom is -0.394 e. The van der Waals surface area contributed by atoms with Gasteiger partial charge < -0.3 is 154 Å². The molecule has 1 unspecified atom stereocenters. The van der Waals surface area contributed by atoms with Crippen LogP contribution in [0.1, 0.15) is 0 Å². The summed E-state index contributed by atoms with van der Waals surface area (Å²) in [5.74, 6) is 0. The molecule has 31 heteroatoms. The number of ether oxygens (including phenoxy) is 11. The third-order valence-electron chi connectivity index (χ3n) is 12.4. The Hall–Kier alpha value is -1.24. The molecule has 0 aliphatic carbocycles. The maximum Gasteiger partial charge on any atom is 0.187 e. The predicted octanol–water partition coefficient (Wildman–Crippen LogP) is -14.1. The summed E-state index contributed by atoms with van der Waals surface area (Å²) in [7, 11) is 0. The molecule has 392 valence electrons. The van der Waals surface area contributed by atoms with Gasteiger partial charge in [-0.05, 0) is 0 Å². The second-order valence-corrected chi connectivity index (χ2v) is 16.9. The standard InChI is InChI=1S/C36H62O31/c37-1-7-13(40)17(44)24(51)32(61-7)57-4-10-14(41)18(45)25(52)33(63-10)58-5-11-15(42)19(46)26(53)34(64-11)59-6-12-16(43)20(47)27(54)35(65-12)67-30-9(3-39)62-36(28(55)22(30)49)66-29-8(2-38)60-31(56)23(50)21(29)48/h7-56H,1-6H2/t7-,8-,9-,10-,11-,12-,13-,14-,15-,16-,17+,18+,19+,20+,21-,22-,23-,24-,25-,26-,27-,28-,29-,30-,31?,32+,33+,34+,35-,36-/m1/s1. The molecule has 0 saturated carbocycles. The highest BCUT2D eigenvalue weighted by Crippen LogP contribution is 2.34. The van der Waals surface area contributed by atoms with Crippen LogP contribution in [-0.2, 0) is 52.1 Å². The fourth-order valence-corrected chi connectivity index (χ4v) is 8.20. The molecule has 6 heterocycles. The Morgan fingerprint density at radius 1 is 0.254 bits per heavy atom. The van der Waals surface area contributed by atoms with Crippen molar-refractivity contribution in [3.63, 3.8) is 0 Å². The summed E-state index contributed by atoms with van der Waals surface area (Å²) < 4.78 is 60.0. The van der Waals surface area contributed by atoms with E-state index in [4.69, 9.17) is 52.1 Å². The summed E-state index contributed by atoms with van der Waals surface area (Å²) in [6.45, 7) is -4.96. The maximum atomic E-state index is 11.1. The highest BCUT2D eigenvalue weighted by atomic mass is 16.8. The lowest BCUT2D eigenvalue weighted by Gasteiger charge is -2.48. The molecule has 6 rings (SSSR count). The largest absolute Gasteiger partial charge is 0.394 e. The third kappa shape index (κ3) is 11.7. The average Bonchev–Trinajstić information content (AvgIpc) is 3.31. The van der Waals surface area contributed by atoms with Gasteiger partial charge in [0, 0.05) is 0 Å². The topological polar surface area (TPSA) is 506 Å². The first kappa shape index (κ1) is 55.1. The zero-order valence-corrected chi connectivity index (χ0v) is 35.0. The van der Waals surface area contributed by atoms with Crippen molar-refractivity contribution in [2.45, 2.75) is 184 Å². The van der Waals surface area contributed by atoms with Crippen molar-refractivity contribution in [1.29, 1.82) is 0 Å². The van der Waals surface area contributed by atoms with E-state index in [-0.39, 0.29) is 0 Å². The minimum atomic E-state index is -2.09. The molecule has 0 aromatic carbocycles. The SMILES string of the molecule is OC[C@H]1O[C@H](OC[C@H]2O[C@H](OC[C@H]3O[C@H](OC[C@H]4O[C@H](O[C@H]5[C@H](O)[C@@H](O)[C@@H](O[C@H]6[C@H](O)[C@@H](O)C(O)O[C@@H]6CO)O[C@@H]5CO)[C@H](O)[C@@H](O)[C@@H]4O)[C@H](O)[C@@H](O)[C@@H]3O)[C@H](O)[C@@H](O)[C@@H]2O)[C@H](O)[C@@H](O)[C@@H]1O. The fourth-order valence-electron chi connectivity index (χ4n) is 8.20. The van der Waals surface area contributed by atoms with Gasteiger partial charge in [-0.3, -0.25) is 0 Å². The Bertz CT molecular complexity index is 1500. The smallest absolute Gasteiger partial charge is 0.187 e. The van der Waals surface area contributed by atoms with E-state index in [1.54, 1.807) is 0 Å². The van der Waals surface area contributed by atoms with Gasteiger partial charge >= 0.3 is 0 Å². The highest BCUT2D eigenvalue weighted by molar-refractivity contribution is 4.98. The lowest BCUT2D eigenvalue weighted by molar-refractivity contribution is -0.380. The van der Waals surface area contributed by atoms with Crippen LogP contribution in [0.2, 0.25) is 0 Å². The molecule has 30 atom stereocenters. The third-order valence-corrected chi connectivity index (χ3v) is 12.4. The zero-order chi connectivity index (χ0) is 49.3. The van der Waals surface area contributed by atoms with Crippen molar-refractivity contribution in [2.24, 2.45) is 0 Å². The van der Waals surface area contributed by atoms with E-state index in [0.717, 1.165) is 0 Å². The highest BCUT2D eigenvalue weighted by Gasteiger charge is 2.55. The molecular formula is C36H62O31. The van der Waals surface area contributed by atoms with Crippen molar-refractivity contribution >= 4 is 0 Å². The molecule has 0 bridgehead atoms. The van der Waals surface area contributed by atoms with E-state index in [0.29, 0.717) is 0 Å². The maximum absolute atomic E-state index is 11.1. The molecule has 6 aliphatic heterocycles. The van der Waals surface area contributed by atoms with Crippen LogP contribution in [0.15, 0.2) is 0 Å². The number of hydrogen-bond donors (Lipinski definition) is 20. The lowest BCUT2D eigenvalue weighted by atomic mass is 9.96. The van der Waals surface area contributed by atoms with Crippen molar-refractivity contribution < 1.29 is 154 Å². The Morgan fingerprint density at radius 3 is 0.896 bits per heavy atom. The second-order valence-electron chi connectivity index (χ2n) is 16.9. The molecule has 0 radical (unpaired) electrons. The van der Waals surface area contributed by atoms with Gasteiger partial charge in [0.05, 0.1) is 39.6 Å². The Kier molecular flexibility index (Phi) is 19.4. The molecule has 6 saturated heterocycles. The predicted molar refractivity (Wildman–Crippen MR) is 199 cm³/mol. The summed E-state index contributed by atoms with van der Waals surface area (Å²) in [6, 6.07) is 0. The first-order chi connectivity index (χ1) is 31.6. The van der Waals surface area contributed by atoms with Crippen LogP contribution in [0.5, 0.6) is 0 Å². The van der Waals surface area contributed by atoms with Crippen LogP contribution in [-0.4, -0.2) is 326 Å². The second kappa shape index (κ2) is 23.5. The van der Waals surface area contributed by atoms with E-state index in [9.17, 15) is 102 Å². The Labute approximate surface area is 378 Å². The summed E-state index contributed by atoms with van der Waals surface area (Å²) in [4.78, 5) is 0. The van der Waals surface area contributed by atoms with Crippen LogP contribution in [0, 0.1) is 0 Å². The summed E-state index contributed by atoms with van der Waals surface area (Å²) in [6.07, 6.45) is -55.3. The molecule has 20 N–H and O–H groups in total. The molecule has 0 amide bonds. The van der Waals surface area contributed by atoms with E-state index < -0.39 is 224 Å². The van der Waals surface area contributed by atoms with E-state index >= 15 is 0 Å². The van der Waals surface area contributed by atoms with Crippen LogP contribution in [0.4, 0.5) is 0 Å². The van der Waals surface area contributed by atoms with Gasteiger partial charge in [-0.1, -0.05) is 0 Å². The van der Waals surface area contributed by atoms with Crippen LogP contribution in [0.25, 0.3) is 0 Å². The molecule has 0 spiro atoms. The first-order valence-corrected chi connectivity index (χ1v) is 21.1. The number of aliphatic hydroxyl groups excluding tert-OH is 20. The van der Waals surface area contributed by atoms with Crippen molar-refractivity contribution in [2.75, 3.05) is 39.6 Å². The normalized spacial score (nSPS) is 53.4. The minimum absolute atomic E-state index is 0.702. The summed E-state index contributed by atoms with van der Waals surface area (Å²) in [5.41, 5.74) is 0. The zero-order valence-electron chi connectivity index (χ0n) is 35.0. The lowest BCUT2D eigenvalue weighted by Crippen LogP contribution is -2.66. The average molecular weight is 991 g/mol. The van der Waals surface area contributed by atoms with Crippen molar-refractivity contribution in [3.05, 3.63) is 0 Å². The van der Waals surface area contributed by atoms with Crippen molar-refractivity contribution in [1.82, 2.24) is 0 Å². The van der Waals surface area contributed by atoms with E-state index in [2.05, 4.69) is 0 Å². The van der Waals surface area contributed by atoms with Crippen molar-refractivity contribution in [3.8, 4) is 0 Å². The molecular weight excluding hydrogens is 928 g/mol. The van der Waals surface area contributed by atoms with E-state index in [1.807, 2.05) is 0 Å². The fraction of sp³-hybridized carbons (Fsp3) is 1.00. The number of rotatable bonds is 16. The summed E-state index contributed by atoms with van der Waals surface area (Å²) in [5, 5.41) is 208. The van der Waals surface area contributed by atoms with Gasteiger partial charge in [-0.2, -0.15) is 0 Å². The molecule has 6 fully saturated rings. The summed E-state index contributed by atoms with van der Waals surface area (Å²) >= 11 is 0. The number of hydrogen-bond acceptors (Lipinski definition) is 31. The number of aliphatic hydroxyl groups is 20. The molecule has 31 nitrogen and oxygen atoms in total. The Balaban J connectivity index is 1.04. The molecule has 67 heavy (non-hydrogen) atoms. The molecule has 0 aromatic heterocycles. The van der Waals surface area contributed by atoms with E-state index in [1.165, 1.54) is 0 Å². The van der Waals surface area contributed by atoms with Gasteiger partial charge in [0.25, 0.3) is 0 Å². The van der Waals surface area contributed by atoms with Gasteiger partial charge in [-0.15, -0.1) is 0 Å². The van der Waals surface area contributed by atoms with Crippen LogP contribution < -0.4 is 0 Å². The van der Waals surface area contributed by atoms with Crippen LogP contribution >= 0.6 is 0 Å². The van der Waals surface area contributed by atoms with Gasteiger partial charge in [-0.25, -0.2) is 0 Å². The van der Waals surface area contributed by atoms with Crippen LogP contribution in [0.3, 0.4) is 0 Å². The van der Waals surface area contributed by atoms with Gasteiger partial charge in [0.15, 0.2) is 37.7 Å². The quantitative estimate of drug-likeness (QED) is 0.0683. The first-order valence-electron chi connectivity index (χ1n) is 21.1.